The van der Waals surface area contributed by atoms with Gasteiger partial charge < -0.3 is 15.4 Å². The summed E-state index contributed by atoms with van der Waals surface area (Å²) >= 11 is 5.53. The van der Waals surface area contributed by atoms with Crippen molar-refractivity contribution in [2.24, 2.45) is 0 Å². The number of ether oxygens (including phenoxy) is 1. The van der Waals surface area contributed by atoms with E-state index in [9.17, 15) is 0 Å². The zero-order chi connectivity index (χ0) is 19.2. The van der Waals surface area contributed by atoms with E-state index in [0.717, 1.165) is 17.9 Å². The van der Waals surface area contributed by atoms with Crippen molar-refractivity contribution >= 4 is 23.0 Å². The van der Waals surface area contributed by atoms with E-state index in [1.807, 2.05) is 24.3 Å². The number of hydrogen-bond donors (Lipinski definition) is 2. The maximum Gasteiger partial charge on any atom is 0.171 e. The van der Waals surface area contributed by atoms with Gasteiger partial charge in [-0.05, 0) is 99.1 Å². The van der Waals surface area contributed by atoms with Gasteiger partial charge in [-0.1, -0.05) is 25.1 Å². The van der Waals surface area contributed by atoms with Crippen LogP contribution in [0.1, 0.15) is 61.8 Å². The molecule has 3 rings (SSSR count). The van der Waals surface area contributed by atoms with Gasteiger partial charge in [0, 0.05) is 5.69 Å². The van der Waals surface area contributed by atoms with Crippen molar-refractivity contribution in [1.29, 1.82) is 0 Å². The van der Waals surface area contributed by atoms with Gasteiger partial charge in [0.1, 0.15) is 5.75 Å². The van der Waals surface area contributed by atoms with E-state index in [2.05, 4.69) is 49.6 Å². The van der Waals surface area contributed by atoms with Crippen LogP contribution in [0.15, 0.2) is 42.5 Å². The lowest BCUT2D eigenvalue weighted by Gasteiger charge is -2.21. The SMILES string of the molecule is CC[C@@H](NC(=S)Nc1ccc(OC2CCCC2)cc1)c1ccc(C)c(C)c1. The lowest BCUT2D eigenvalue weighted by molar-refractivity contribution is 0.210. The molecule has 1 fully saturated rings. The first kappa shape index (κ1) is 19.7. The summed E-state index contributed by atoms with van der Waals surface area (Å²) in [6, 6.07) is 14.9. The first-order chi connectivity index (χ1) is 13.0. The Morgan fingerprint density at radius 1 is 1.07 bits per heavy atom. The predicted octanol–water partition coefficient (Wildman–Crippen LogP) is 6.06. The first-order valence-electron chi connectivity index (χ1n) is 9.96. The summed E-state index contributed by atoms with van der Waals surface area (Å²) in [4.78, 5) is 0. The quantitative estimate of drug-likeness (QED) is 0.595. The van der Waals surface area contributed by atoms with Crippen LogP contribution in [0.2, 0.25) is 0 Å². The van der Waals surface area contributed by atoms with Gasteiger partial charge in [-0.25, -0.2) is 0 Å². The van der Waals surface area contributed by atoms with Crippen molar-refractivity contribution in [2.45, 2.75) is 65.0 Å². The molecule has 0 saturated heterocycles. The van der Waals surface area contributed by atoms with Crippen LogP contribution in [0.5, 0.6) is 5.75 Å². The Hall–Kier alpha value is -2.07. The molecule has 0 bridgehead atoms. The molecule has 1 atom stereocenters. The molecule has 0 amide bonds. The Balaban J connectivity index is 1.56. The first-order valence-corrected chi connectivity index (χ1v) is 10.4. The van der Waals surface area contributed by atoms with Crippen molar-refractivity contribution in [3.8, 4) is 5.75 Å². The molecule has 27 heavy (non-hydrogen) atoms. The van der Waals surface area contributed by atoms with Gasteiger partial charge in [0.2, 0.25) is 0 Å². The molecule has 0 heterocycles. The summed E-state index contributed by atoms with van der Waals surface area (Å²) in [6.07, 6.45) is 6.26. The van der Waals surface area contributed by atoms with Crippen LogP contribution in [0.4, 0.5) is 5.69 Å². The van der Waals surface area contributed by atoms with Crippen LogP contribution in [0.3, 0.4) is 0 Å². The largest absolute Gasteiger partial charge is 0.490 e. The van der Waals surface area contributed by atoms with E-state index in [1.54, 1.807) is 0 Å². The minimum Gasteiger partial charge on any atom is -0.490 e. The summed E-state index contributed by atoms with van der Waals surface area (Å²) in [5.41, 5.74) is 4.87. The van der Waals surface area contributed by atoms with Crippen LogP contribution in [-0.2, 0) is 0 Å². The molecular formula is C23H30N2OS. The summed E-state index contributed by atoms with van der Waals surface area (Å²) in [7, 11) is 0. The van der Waals surface area contributed by atoms with Crippen LogP contribution in [-0.4, -0.2) is 11.2 Å². The number of thiocarbonyl (C=S) groups is 1. The zero-order valence-electron chi connectivity index (χ0n) is 16.5. The van der Waals surface area contributed by atoms with Gasteiger partial charge in [0.05, 0.1) is 12.1 Å². The third-order valence-corrected chi connectivity index (χ3v) is 5.58. The molecule has 0 spiro atoms. The summed E-state index contributed by atoms with van der Waals surface area (Å²) in [5, 5.41) is 7.37. The van der Waals surface area contributed by atoms with E-state index in [0.29, 0.717) is 11.2 Å². The number of benzene rings is 2. The fourth-order valence-electron chi connectivity index (χ4n) is 3.54. The van der Waals surface area contributed by atoms with E-state index in [1.165, 1.54) is 42.4 Å². The van der Waals surface area contributed by atoms with Crippen molar-refractivity contribution in [3.63, 3.8) is 0 Å². The second-order valence-electron chi connectivity index (χ2n) is 7.45. The van der Waals surface area contributed by atoms with Crippen molar-refractivity contribution in [2.75, 3.05) is 5.32 Å². The van der Waals surface area contributed by atoms with E-state index < -0.39 is 0 Å². The maximum absolute atomic E-state index is 6.02. The highest BCUT2D eigenvalue weighted by Gasteiger charge is 2.16. The van der Waals surface area contributed by atoms with Gasteiger partial charge in [-0.3, -0.25) is 0 Å². The molecule has 2 aromatic carbocycles. The Kier molecular flexibility index (Phi) is 6.73. The molecule has 1 aliphatic rings. The number of aryl methyl sites for hydroxylation is 2. The number of anilines is 1. The third kappa shape index (κ3) is 5.46. The summed E-state index contributed by atoms with van der Waals surface area (Å²) in [6.45, 7) is 6.46. The molecule has 0 unspecified atom stereocenters. The predicted molar refractivity (Wildman–Crippen MR) is 118 cm³/mol. The highest BCUT2D eigenvalue weighted by molar-refractivity contribution is 7.80. The molecule has 1 saturated carbocycles. The van der Waals surface area contributed by atoms with Crippen LogP contribution in [0, 0.1) is 13.8 Å². The molecule has 144 valence electrons. The average Bonchev–Trinajstić information content (AvgIpc) is 3.17. The van der Waals surface area contributed by atoms with Gasteiger partial charge in [-0.2, -0.15) is 0 Å². The maximum atomic E-state index is 6.02. The molecule has 1 aliphatic carbocycles. The summed E-state index contributed by atoms with van der Waals surface area (Å²) < 4.78 is 6.02. The number of nitrogens with one attached hydrogen (secondary N) is 2. The van der Waals surface area contributed by atoms with Crippen LogP contribution >= 0.6 is 12.2 Å². The monoisotopic (exact) mass is 382 g/mol. The van der Waals surface area contributed by atoms with Gasteiger partial charge >= 0.3 is 0 Å². The highest BCUT2D eigenvalue weighted by atomic mass is 32.1. The molecule has 2 aromatic rings. The average molecular weight is 383 g/mol. The normalized spacial score (nSPS) is 15.4. The molecule has 2 N–H and O–H groups in total. The van der Waals surface area contributed by atoms with Crippen molar-refractivity contribution < 1.29 is 4.74 Å². The number of rotatable bonds is 6. The van der Waals surface area contributed by atoms with Gasteiger partial charge in [-0.15, -0.1) is 0 Å². The fraction of sp³-hybridized carbons (Fsp3) is 0.435. The molecular weight excluding hydrogens is 352 g/mol. The van der Waals surface area contributed by atoms with Crippen molar-refractivity contribution in [1.82, 2.24) is 5.32 Å². The molecule has 3 nitrogen and oxygen atoms in total. The Labute approximate surface area is 168 Å². The topological polar surface area (TPSA) is 33.3 Å². The van der Waals surface area contributed by atoms with E-state index >= 15 is 0 Å². The molecule has 0 radical (unpaired) electrons. The molecule has 4 heteroatoms. The lowest BCUT2D eigenvalue weighted by Crippen LogP contribution is -2.32. The second kappa shape index (κ2) is 9.23. The minimum absolute atomic E-state index is 0.203. The Morgan fingerprint density at radius 3 is 2.41 bits per heavy atom. The van der Waals surface area contributed by atoms with Crippen LogP contribution < -0.4 is 15.4 Å². The third-order valence-electron chi connectivity index (χ3n) is 5.36. The standard InChI is InChI=1S/C23H30N2OS/c1-4-22(18-10-9-16(2)17(3)15-18)25-23(27)24-19-11-13-21(14-12-19)26-20-7-5-6-8-20/h9-15,20,22H,4-8H2,1-3H3,(H2,24,25,27)/t22-/m1/s1. The summed E-state index contributed by atoms with van der Waals surface area (Å²) in [5.74, 6) is 0.938. The van der Waals surface area contributed by atoms with Crippen molar-refractivity contribution in [3.05, 3.63) is 59.2 Å². The fourth-order valence-corrected chi connectivity index (χ4v) is 3.80. The second-order valence-corrected chi connectivity index (χ2v) is 7.86. The van der Waals surface area contributed by atoms with Gasteiger partial charge in [0.25, 0.3) is 0 Å². The van der Waals surface area contributed by atoms with E-state index in [-0.39, 0.29) is 6.04 Å². The number of hydrogen-bond acceptors (Lipinski definition) is 2. The molecule has 0 aromatic heterocycles. The Morgan fingerprint density at radius 2 is 1.78 bits per heavy atom. The Bertz CT molecular complexity index is 766. The minimum atomic E-state index is 0.203. The zero-order valence-corrected chi connectivity index (χ0v) is 17.4. The van der Waals surface area contributed by atoms with Gasteiger partial charge in [0.15, 0.2) is 5.11 Å². The smallest absolute Gasteiger partial charge is 0.171 e. The highest BCUT2D eigenvalue weighted by Crippen LogP contribution is 2.25. The van der Waals surface area contributed by atoms with E-state index in [4.69, 9.17) is 17.0 Å². The van der Waals surface area contributed by atoms with Crippen LogP contribution in [0.25, 0.3) is 0 Å². The molecule has 0 aliphatic heterocycles. The lowest BCUT2D eigenvalue weighted by atomic mass is 9.99.